The highest BCUT2D eigenvalue weighted by Gasteiger charge is 2.22. The van der Waals surface area contributed by atoms with Gasteiger partial charge in [-0.05, 0) is 0 Å². The summed E-state index contributed by atoms with van der Waals surface area (Å²) in [5, 5.41) is 19.1. The van der Waals surface area contributed by atoms with Gasteiger partial charge in [0.15, 0.2) is 11.6 Å². The van der Waals surface area contributed by atoms with Crippen LogP contribution in [0.1, 0.15) is 0 Å². The van der Waals surface area contributed by atoms with Gasteiger partial charge in [0.05, 0.1) is 17.1 Å². The maximum absolute atomic E-state index is 13.7. The molecule has 0 saturated carbocycles. The molecule has 0 amide bonds. The first-order valence-corrected chi connectivity index (χ1v) is 5.08. The maximum atomic E-state index is 13.7. The monoisotopic (exact) mass is 272 g/mol. The number of rotatable bonds is 6. The van der Waals surface area contributed by atoms with Crippen molar-refractivity contribution in [2.24, 2.45) is 0 Å². The number of non-ortho nitro benzene ring substituents is 1. The summed E-state index contributed by atoms with van der Waals surface area (Å²) in [5.74, 6) is -3.69. The number of nitrogens with zero attached hydrogens (tertiary/aromatic N) is 2. The van der Waals surface area contributed by atoms with Crippen molar-refractivity contribution in [1.29, 1.82) is 0 Å². The second kappa shape index (κ2) is 5.89. The summed E-state index contributed by atoms with van der Waals surface area (Å²) in [6.07, 6.45) is 1.27. The molecule has 0 aliphatic rings. The van der Waals surface area contributed by atoms with Crippen molar-refractivity contribution in [2.45, 2.75) is 0 Å². The number of carboxylic acid groups (broad SMARTS) is 1. The Bertz CT molecular complexity index is 510. The highest BCUT2D eigenvalue weighted by Crippen LogP contribution is 2.28. The van der Waals surface area contributed by atoms with Crippen molar-refractivity contribution in [1.82, 2.24) is 0 Å². The molecule has 0 heterocycles. The zero-order valence-electron chi connectivity index (χ0n) is 9.68. The second-order valence-electron chi connectivity index (χ2n) is 3.58. The molecule has 1 rings (SSSR count). The van der Waals surface area contributed by atoms with E-state index in [1.807, 2.05) is 0 Å². The predicted octanol–water partition coefficient (Wildman–Crippen LogP) is 1.95. The Morgan fingerprint density at radius 3 is 2.37 bits per heavy atom. The third kappa shape index (κ3) is 3.47. The van der Waals surface area contributed by atoms with Crippen molar-refractivity contribution in [2.75, 3.05) is 18.0 Å². The number of benzene rings is 1. The molecule has 0 aliphatic carbocycles. The topological polar surface area (TPSA) is 83.7 Å². The predicted molar refractivity (Wildman–Crippen MR) is 63.1 cm³/mol. The van der Waals surface area contributed by atoms with Gasteiger partial charge in [-0.1, -0.05) is 6.08 Å². The highest BCUT2D eigenvalue weighted by atomic mass is 19.1. The normalized spacial score (nSPS) is 10.0. The summed E-state index contributed by atoms with van der Waals surface area (Å²) in [6, 6.07) is 1.08. The highest BCUT2D eigenvalue weighted by molar-refractivity contribution is 5.74. The summed E-state index contributed by atoms with van der Waals surface area (Å²) in [5.41, 5.74) is -1.37. The largest absolute Gasteiger partial charge is 0.480 e. The molecule has 1 aromatic carbocycles. The summed E-state index contributed by atoms with van der Waals surface area (Å²) in [6.45, 7) is 2.58. The second-order valence-corrected chi connectivity index (χ2v) is 3.58. The fourth-order valence-corrected chi connectivity index (χ4v) is 1.51. The van der Waals surface area contributed by atoms with Crippen molar-refractivity contribution < 1.29 is 23.6 Å². The van der Waals surface area contributed by atoms with Gasteiger partial charge in [-0.25, -0.2) is 8.78 Å². The van der Waals surface area contributed by atoms with Crippen molar-refractivity contribution in [3.63, 3.8) is 0 Å². The van der Waals surface area contributed by atoms with Crippen LogP contribution in [-0.2, 0) is 4.79 Å². The molecule has 0 atom stereocenters. The molecule has 0 radical (unpaired) electrons. The molecular weight excluding hydrogens is 262 g/mol. The van der Waals surface area contributed by atoms with Gasteiger partial charge in [0, 0.05) is 6.54 Å². The average Bonchev–Trinajstić information content (AvgIpc) is 2.27. The van der Waals surface area contributed by atoms with Crippen LogP contribution in [-0.4, -0.2) is 29.1 Å². The zero-order valence-corrected chi connectivity index (χ0v) is 9.68. The molecule has 1 aromatic rings. The molecule has 0 fully saturated rings. The quantitative estimate of drug-likeness (QED) is 0.486. The van der Waals surface area contributed by atoms with E-state index < -0.39 is 40.4 Å². The van der Waals surface area contributed by atoms with E-state index in [4.69, 9.17) is 5.11 Å². The molecule has 102 valence electrons. The number of nitro groups is 1. The maximum Gasteiger partial charge on any atom is 0.323 e. The van der Waals surface area contributed by atoms with E-state index in [0.29, 0.717) is 12.1 Å². The van der Waals surface area contributed by atoms with E-state index in [2.05, 4.69) is 6.58 Å². The Balaban J connectivity index is 3.26. The molecule has 0 aliphatic heterocycles. The molecule has 0 aromatic heterocycles. The lowest BCUT2D eigenvalue weighted by Crippen LogP contribution is -2.31. The Hall–Kier alpha value is -2.51. The fourth-order valence-electron chi connectivity index (χ4n) is 1.51. The van der Waals surface area contributed by atoms with Crippen LogP contribution in [0.5, 0.6) is 0 Å². The van der Waals surface area contributed by atoms with Crippen LogP contribution < -0.4 is 4.90 Å². The molecule has 8 heteroatoms. The number of hydrogen-bond acceptors (Lipinski definition) is 4. The number of anilines is 1. The molecular formula is C11H10F2N2O4. The van der Waals surface area contributed by atoms with Crippen LogP contribution in [0.4, 0.5) is 20.2 Å². The standard InChI is InChI=1S/C11H10F2N2O4/c1-2-3-14(6-10(16)17)11-8(12)4-7(15(18)19)5-9(11)13/h2,4-5H,1,3,6H2,(H,16,17). The van der Waals surface area contributed by atoms with E-state index in [0.717, 1.165) is 4.90 Å². The molecule has 19 heavy (non-hydrogen) atoms. The van der Waals surface area contributed by atoms with Crippen LogP contribution in [0.15, 0.2) is 24.8 Å². The van der Waals surface area contributed by atoms with Gasteiger partial charge >= 0.3 is 5.97 Å². The van der Waals surface area contributed by atoms with Crippen molar-refractivity contribution in [3.05, 3.63) is 46.5 Å². The molecule has 6 nitrogen and oxygen atoms in total. The Morgan fingerprint density at radius 1 is 1.47 bits per heavy atom. The minimum atomic E-state index is -1.29. The molecule has 0 bridgehead atoms. The van der Waals surface area contributed by atoms with Gasteiger partial charge in [0.25, 0.3) is 5.69 Å². The van der Waals surface area contributed by atoms with Gasteiger partial charge in [-0.2, -0.15) is 0 Å². The van der Waals surface area contributed by atoms with Crippen LogP contribution in [0, 0.1) is 21.7 Å². The number of carboxylic acids is 1. The zero-order chi connectivity index (χ0) is 14.6. The molecule has 0 spiro atoms. The summed E-state index contributed by atoms with van der Waals surface area (Å²) >= 11 is 0. The lowest BCUT2D eigenvalue weighted by atomic mass is 10.2. The number of nitro benzene ring substituents is 1. The first kappa shape index (κ1) is 14.6. The van der Waals surface area contributed by atoms with Gasteiger partial charge in [0.1, 0.15) is 12.2 Å². The third-order valence-electron chi connectivity index (χ3n) is 2.20. The van der Waals surface area contributed by atoms with Crippen LogP contribution in [0.25, 0.3) is 0 Å². The first-order chi connectivity index (χ1) is 8.86. The SMILES string of the molecule is C=CCN(CC(=O)O)c1c(F)cc([N+](=O)[O-])cc1F. The minimum Gasteiger partial charge on any atom is -0.480 e. The van der Waals surface area contributed by atoms with Gasteiger partial charge in [0.2, 0.25) is 0 Å². The van der Waals surface area contributed by atoms with Crippen LogP contribution in [0.3, 0.4) is 0 Å². The number of hydrogen-bond donors (Lipinski definition) is 1. The van der Waals surface area contributed by atoms with E-state index in [-0.39, 0.29) is 6.54 Å². The number of halogens is 2. The van der Waals surface area contributed by atoms with E-state index in [1.165, 1.54) is 6.08 Å². The van der Waals surface area contributed by atoms with Crippen LogP contribution >= 0.6 is 0 Å². The van der Waals surface area contributed by atoms with Gasteiger partial charge in [-0.3, -0.25) is 14.9 Å². The third-order valence-corrected chi connectivity index (χ3v) is 2.20. The minimum absolute atomic E-state index is 0.113. The first-order valence-electron chi connectivity index (χ1n) is 5.08. The lowest BCUT2D eigenvalue weighted by molar-refractivity contribution is -0.385. The molecule has 0 unspecified atom stereocenters. The Labute approximate surface area is 106 Å². The van der Waals surface area contributed by atoms with Gasteiger partial charge in [-0.15, -0.1) is 6.58 Å². The van der Waals surface area contributed by atoms with E-state index in [9.17, 15) is 23.7 Å². The Morgan fingerprint density at radius 2 is 2.00 bits per heavy atom. The van der Waals surface area contributed by atoms with Crippen LogP contribution in [0.2, 0.25) is 0 Å². The van der Waals surface area contributed by atoms with E-state index in [1.54, 1.807) is 0 Å². The smallest absolute Gasteiger partial charge is 0.323 e. The van der Waals surface area contributed by atoms with E-state index >= 15 is 0 Å². The summed E-state index contributed by atoms with van der Waals surface area (Å²) in [7, 11) is 0. The molecule has 0 saturated heterocycles. The summed E-state index contributed by atoms with van der Waals surface area (Å²) < 4.78 is 27.4. The van der Waals surface area contributed by atoms with Crippen molar-refractivity contribution >= 4 is 17.3 Å². The lowest BCUT2D eigenvalue weighted by Gasteiger charge is -2.21. The van der Waals surface area contributed by atoms with Crippen molar-refractivity contribution in [3.8, 4) is 0 Å². The average molecular weight is 272 g/mol. The molecule has 1 N–H and O–H groups in total. The Kier molecular flexibility index (Phi) is 4.51. The number of carbonyl (C=O) groups is 1. The number of aliphatic carboxylic acids is 1. The van der Waals surface area contributed by atoms with Gasteiger partial charge < -0.3 is 10.0 Å². The fraction of sp³-hybridized carbons (Fsp3) is 0.182. The summed E-state index contributed by atoms with van der Waals surface area (Å²) in [4.78, 5) is 21.0.